The number of anilines is 1. The average molecular weight is 355 g/mol. The number of carbonyl (C=O) groups excluding carboxylic acids is 1. The number of benzene rings is 2. The van der Waals surface area contributed by atoms with E-state index in [0.717, 1.165) is 0 Å². The highest BCUT2D eigenvalue weighted by atomic mass is 79.9. The smallest absolute Gasteiger partial charge is 0.247 e. The van der Waals surface area contributed by atoms with Crippen LogP contribution in [0.4, 0.5) is 14.5 Å². The molecule has 1 amide bonds. The summed E-state index contributed by atoms with van der Waals surface area (Å²) in [7, 11) is 0. The molecule has 6 heteroatoms. The highest BCUT2D eigenvalue weighted by molar-refractivity contribution is 9.10. The van der Waals surface area contributed by atoms with Gasteiger partial charge in [0.25, 0.3) is 0 Å². The van der Waals surface area contributed by atoms with Gasteiger partial charge in [-0.3, -0.25) is 4.79 Å². The van der Waals surface area contributed by atoms with E-state index in [9.17, 15) is 13.6 Å². The molecule has 0 aromatic heterocycles. The standard InChI is InChI=1S/C15H13BrF2N2O/c1-15(14(19)21,10-7-6-9(16)8-12(10)18)20-13-5-3-2-4-11(13)17/h2-8,20H,1H3,(H2,19,21). The van der Waals surface area contributed by atoms with Crippen LogP contribution in [0.25, 0.3) is 0 Å². The number of nitrogens with one attached hydrogen (secondary N) is 1. The van der Waals surface area contributed by atoms with E-state index in [2.05, 4.69) is 21.2 Å². The highest BCUT2D eigenvalue weighted by Crippen LogP contribution is 2.30. The molecule has 2 aromatic rings. The fourth-order valence-electron chi connectivity index (χ4n) is 1.99. The number of primary amides is 1. The average Bonchev–Trinajstić information content (AvgIpc) is 2.41. The largest absolute Gasteiger partial charge is 0.367 e. The molecule has 0 heterocycles. The Labute approximate surface area is 129 Å². The molecule has 0 aliphatic rings. The van der Waals surface area contributed by atoms with Crippen molar-refractivity contribution >= 4 is 27.5 Å². The molecule has 0 fully saturated rings. The molecule has 0 radical (unpaired) electrons. The third kappa shape index (κ3) is 3.05. The van der Waals surface area contributed by atoms with Gasteiger partial charge in [0, 0.05) is 10.0 Å². The summed E-state index contributed by atoms with van der Waals surface area (Å²) in [5.74, 6) is -1.98. The summed E-state index contributed by atoms with van der Waals surface area (Å²) in [6.07, 6.45) is 0. The maximum absolute atomic E-state index is 14.1. The molecule has 0 saturated carbocycles. The number of rotatable bonds is 4. The van der Waals surface area contributed by atoms with E-state index in [1.165, 1.54) is 37.3 Å². The molecule has 0 spiro atoms. The molecule has 3 nitrogen and oxygen atoms in total. The van der Waals surface area contributed by atoms with Gasteiger partial charge in [-0.2, -0.15) is 0 Å². The second-order valence-corrected chi connectivity index (χ2v) is 5.63. The second kappa shape index (κ2) is 5.81. The van der Waals surface area contributed by atoms with Gasteiger partial charge >= 0.3 is 0 Å². The number of para-hydroxylation sites is 1. The van der Waals surface area contributed by atoms with Crippen molar-refractivity contribution in [3.8, 4) is 0 Å². The molecule has 2 rings (SSSR count). The zero-order chi connectivity index (χ0) is 15.6. The predicted molar refractivity (Wildman–Crippen MR) is 80.7 cm³/mol. The molecular formula is C15H13BrF2N2O. The first kappa shape index (κ1) is 15.4. The Morgan fingerprint density at radius 1 is 1.19 bits per heavy atom. The first-order chi connectivity index (χ1) is 9.84. The van der Waals surface area contributed by atoms with Crippen molar-refractivity contribution in [3.05, 3.63) is 64.1 Å². The minimum absolute atomic E-state index is 0.0430. The maximum Gasteiger partial charge on any atom is 0.247 e. The van der Waals surface area contributed by atoms with Gasteiger partial charge < -0.3 is 11.1 Å². The third-order valence-electron chi connectivity index (χ3n) is 3.22. The lowest BCUT2D eigenvalue weighted by atomic mass is 9.90. The van der Waals surface area contributed by atoms with Crippen LogP contribution in [0, 0.1) is 11.6 Å². The molecule has 21 heavy (non-hydrogen) atoms. The van der Waals surface area contributed by atoms with Gasteiger partial charge in [-0.1, -0.05) is 34.1 Å². The Hall–Kier alpha value is -1.95. The van der Waals surface area contributed by atoms with Gasteiger partial charge in [0.2, 0.25) is 5.91 Å². The zero-order valence-electron chi connectivity index (χ0n) is 11.2. The Morgan fingerprint density at radius 2 is 1.86 bits per heavy atom. The summed E-state index contributed by atoms with van der Waals surface area (Å²) in [5, 5.41) is 2.69. The fraction of sp³-hybridized carbons (Fsp3) is 0.133. The summed E-state index contributed by atoms with van der Waals surface area (Å²) >= 11 is 3.14. The number of hydrogen-bond donors (Lipinski definition) is 2. The third-order valence-corrected chi connectivity index (χ3v) is 3.71. The number of nitrogens with two attached hydrogens (primary N) is 1. The Kier molecular flexibility index (Phi) is 4.27. The summed E-state index contributed by atoms with van der Waals surface area (Å²) in [5.41, 5.74) is 3.94. The van der Waals surface area contributed by atoms with E-state index < -0.39 is 23.1 Å². The summed E-state index contributed by atoms with van der Waals surface area (Å²) < 4.78 is 28.4. The molecule has 0 aliphatic heterocycles. The Morgan fingerprint density at radius 3 is 2.43 bits per heavy atom. The van der Waals surface area contributed by atoms with E-state index in [1.54, 1.807) is 12.1 Å². The minimum Gasteiger partial charge on any atom is -0.367 e. The summed E-state index contributed by atoms with van der Waals surface area (Å²) in [6, 6.07) is 10.0. The number of halogens is 3. The van der Waals surface area contributed by atoms with E-state index in [1.807, 2.05) is 0 Å². The van der Waals surface area contributed by atoms with Gasteiger partial charge in [0.15, 0.2) is 0 Å². The van der Waals surface area contributed by atoms with Crippen LogP contribution >= 0.6 is 15.9 Å². The molecule has 1 unspecified atom stereocenters. The van der Waals surface area contributed by atoms with E-state index in [-0.39, 0.29) is 11.3 Å². The van der Waals surface area contributed by atoms with Crippen LogP contribution in [-0.4, -0.2) is 5.91 Å². The van der Waals surface area contributed by atoms with Crippen LogP contribution in [0.15, 0.2) is 46.9 Å². The molecule has 0 bridgehead atoms. The lowest BCUT2D eigenvalue weighted by Crippen LogP contribution is -2.46. The molecular weight excluding hydrogens is 342 g/mol. The lowest BCUT2D eigenvalue weighted by Gasteiger charge is -2.29. The van der Waals surface area contributed by atoms with Gasteiger partial charge in [0.1, 0.15) is 17.2 Å². The minimum atomic E-state index is -1.58. The summed E-state index contributed by atoms with van der Waals surface area (Å²) in [6.45, 7) is 1.41. The Balaban J connectivity index is 2.51. The van der Waals surface area contributed by atoms with Crippen LogP contribution in [0.1, 0.15) is 12.5 Å². The van der Waals surface area contributed by atoms with Crippen molar-refractivity contribution in [2.24, 2.45) is 5.73 Å². The monoisotopic (exact) mass is 354 g/mol. The van der Waals surface area contributed by atoms with Crippen LogP contribution in [0.5, 0.6) is 0 Å². The number of amides is 1. The van der Waals surface area contributed by atoms with Gasteiger partial charge in [-0.25, -0.2) is 8.78 Å². The Bertz CT molecular complexity index is 693. The summed E-state index contributed by atoms with van der Waals surface area (Å²) in [4.78, 5) is 11.8. The molecule has 2 aromatic carbocycles. The van der Waals surface area contributed by atoms with E-state index >= 15 is 0 Å². The number of hydrogen-bond acceptors (Lipinski definition) is 2. The number of carbonyl (C=O) groups is 1. The molecule has 0 aliphatic carbocycles. The fourth-order valence-corrected chi connectivity index (χ4v) is 2.32. The first-order valence-corrected chi connectivity index (χ1v) is 6.92. The second-order valence-electron chi connectivity index (χ2n) is 4.72. The van der Waals surface area contributed by atoms with Crippen LogP contribution in [0.3, 0.4) is 0 Å². The van der Waals surface area contributed by atoms with Crippen LogP contribution in [0.2, 0.25) is 0 Å². The van der Waals surface area contributed by atoms with Crippen molar-refractivity contribution in [2.75, 3.05) is 5.32 Å². The molecule has 110 valence electrons. The van der Waals surface area contributed by atoms with Crippen molar-refractivity contribution in [1.82, 2.24) is 0 Å². The quantitative estimate of drug-likeness (QED) is 0.882. The topological polar surface area (TPSA) is 55.1 Å². The van der Waals surface area contributed by atoms with Crippen molar-refractivity contribution < 1.29 is 13.6 Å². The normalized spacial score (nSPS) is 13.5. The molecule has 3 N–H and O–H groups in total. The van der Waals surface area contributed by atoms with Crippen LogP contribution in [-0.2, 0) is 10.3 Å². The van der Waals surface area contributed by atoms with Crippen molar-refractivity contribution in [1.29, 1.82) is 0 Å². The van der Waals surface area contributed by atoms with E-state index in [0.29, 0.717) is 4.47 Å². The predicted octanol–water partition coefficient (Wildman–Crippen LogP) is 3.54. The molecule has 0 saturated heterocycles. The highest BCUT2D eigenvalue weighted by Gasteiger charge is 2.36. The first-order valence-electron chi connectivity index (χ1n) is 6.13. The van der Waals surface area contributed by atoms with Crippen molar-refractivity contribution in [2.45, 2.75) is 12.5 Å². The van der Waals surface area contributed by atoms with Gasteiger partial charge in [-0.15, -0.1) is 0 Å². The van der Waals surface area contributed by atoms with Gasteiger partial charge in [-0.05, 0) is 31.2 Å². The maximum atomic E-state index is 14.1. The lowest BCUT2D eigenvalue weighted by molar-refractivity contribution is -0.122. The van der Waals surface area contributed by atoms with Crippen molar-refractivity contribution in [3.63, 3.8) is 0 Å². The van der Waals surface area contributed by atoms with E-state index in [4.69, 9.17) is 5.73 Å². The molecule has 1 atom stereocenters. The SMILES string of the molecule is CC(Nc1ccccc1F)(C(N)=O)c1ccc(Br)cc1F. The zero-order valence-corrected chi connectivity index (χ0v) is 12.7. The van der Waals surface area contributed by atoms with Gasteiger partial charge in [0.05, 0.1) is 5.69 Å². The van der Waals surface area contributed by atoms with Crippen LogP contribution < -0.4 is 11.1 Å².